The second-order valence-electron chi connectivity index (χ2n) is 5.23. The molecule has 1 saturated heterocycles. The molecule has 0 saturated carbocycles. The van der Waals surface area contributed by atoms with E-state index in [2.05, 4.69) is 18.9 Å². The first kappa shape index (κ1) is 13.4. The van der Waals surface area contributed by atoms with Crippen molar-refractivity contribution in [3.05, 3.63) is 11.9 Å². The molecule has 0 amide bonds. The Labute approximate surface area is 108 Å². The molecule has 2 heterocycles. The fourth-order valence-corrected chi connectivity index (χ4v) is 2.12. The van der Waals surface area contributed by atoms with Crippen LogP contribution in [0.4, 0.5) is 5.69 Å². The first-order valence-electron chi connectivity index (χ1n) is 6.66. The van der Waals surface area contributed by atoms with Gasteiger partial charge in [0.25, 0.3) is 0 Å². The molecule has 2 rings (SSSR count). The molecule has 0 radical (unpaired) electrons. The van der Waals surface area contributed by atoms with Crippen molar-refractivity contribution in [2.24, 2.45) is 5.92 Å². The van der Waals surface area contributed by atoms with Gasteiger partial charge in [-0.2, -0.15) is 5.10 Å². The molecule has 0 spiro atoms. The Balaban J connectivity index is 1.98. The van der Waals surface area contributed by atoms with Crippen molar-refractivity contribution in [1.29, 1.82) is 0 Å². The second kappa shape index (κ2) is 6.20. The minimum absolute atomic E-state index is 0.0934. The van der Waals surface area contributed by atoms with E-state index in [4.69, 9.17) is 15.2 Å². The normalized spacial score (nSPS) is 20.5. The standard InChI is InChI=1S/C13H23N3O2/c1-10(2)3-4-13-12(14)7-15-16(13)8-11-9-17-5-6-18-11/h7,10-11H,3-6,8-9,14H2,1-2H3. The van der Waals surface area contributed by atoms with Gasteiger partial charge in [0.05, 0.1) is 43.9 Å². The molecule has 1 atom stereocenters. The second-order valence-corrected chi connectivity index (χ2v) is 5.23. The van der Waals surface area contributed by atoms with Crippen LogP contribution in [0.25, 0.3) is 0 Å². The van der Waals surface area contributed by atoms with Gasteiger partial charge < -0.3 is 15.2 Å². The third kappa shape index (κ3) is 3.46. The van der Waals surface area contributed by atoms with Gasteiger partial charge in [-0.1, -0.05) is 13.8 Å². The maximum absolute atomic E-state index is 5.98. The topological polar surface area (TPSA) is 62.3 Å². The molecule has 1 aromatic rings. The van der Waals surface area contributed by atoms with Gasteiger partial charge in [0.1, 0.15) is 6.10 Å². The summed E-state index contributed by atoms with van der Waals surface area (Å²) >= 11 is 0. The van der Waals surface area contributed by atoms with Crippen molar-refractivity contribution < 1.29 is 9.47 Å². The lowest BCUT2D eigenvalue weighted by Crippen LogP contribution is -2.33. The molecular weight excluding hydrogens is 230 g/mol. The number of nitrogens with two attached hydrogens (primary N) is 1. The Morgan fingerprint density at radius 3 is 3.00 bits per heavy atom. The van der Waals surface area contributed by atoms with E-state index in [1.54, 1.807) is 6.20 Å². The molecule has 5 nitrogen and oxygen atoms in total. The van der Waals surface area contributed by atoms with Crippen LogP contribution in [0.2, 0.25) is 0 Å². The molecule has 18 heavy (non-hydrogen) atoms. The van der Waals surface area contributed by atoms with E-state index in [0.29, 0.717) is 25.7 Å². The SMILES string of the molecule is CC(C)CCc1c(N)cnn1CC1COCCO1. The zero-order chi connectivity index (χ0) is 13.0. The molecule has 2 N–H and O–H groups in total. The van der Waals surface area contributed by atoms with E-state index in [1.165, 1.54) is 0 Å². The number of hydrogen-bond acceptors (Lipinski definition) is 4. The highest BCUT2D eigenvalue weighted by Crippen LogP contribution is 2.17. The van der Waals surface area contributed by atoms with E-state index in [9.17, 15) is 0 Å². The van der Waals surface area contributed by atoms with Crippen LogP contribution in [-0.4, -0.2) is 35.7 Å². The van der Waals surface area contributed by atoms with Gasteiger partial charge in [0.2, 0.25) is 0 Å². The van der Waals surface area contributed by atoms with Crippen molar-refractivity contribution in [3.8, 4) is 0 Å². The summed E-state index contributed by atoms with van der Waals surface area (Å²) in [7, 11) is 0. The minimum atomic E-state index is 0.0934. The van der Waals surface area contributed by atoms with Gasteiger partial charge in [0.15, 0.2) is 0 Å². The molecule has 1 fully saturated rings. The number of ether oxygens (including phenoxy) is 2. The lowest BCUT2D eigenvalue weighted by Gasteiger charge is -2.23. The van der Waals surface area contributed by atoms with E-state index >= 15 is 0 Å². The van der Waals surface area contributed by atoms with Crippen LogP contribution in [0.15, 0.2) is 6.20 Å². The van der Waals surface area contributed by atoms with Gasteiger partial charge in [-0.15, -0.1) is 0 Å². The van der Waals surface area contributed by atoms with Crippen molar-refractivity contribution in [3.63, 3.8) is 0 Å². The first-order chi connectivity index (χ1) is 8.66. The molecule has 0 aliphatic carbocycles. The summed E-state index contributed by atoms with van der Waals surface area (Å²) in [6.45, 7) is 7.17. The maximum Gasteiger partial charge on any atom is 0.100 e. The monoisotopic (exact) mass is 253 g/mol. The maximum atomic E-state index is 5.98. The molecule has 1 aliphatic rings. The molecule has 1 aromatic heterocycles. The Bertz CT molecular complexity index is 370. The fourth-order valence-electron chi connectivity index (χ4n) is 2.12. The molecule has 1 unspecified atom stereocenters. The molecule has 5 heteroatoms. The number of anilines is 1. The van der Waals surface area contributed by atoms with Gasteiger partial charge in [-0.25, -0.2) is 0 Å². The molecule has 102 valence electrons. The van der Waals surface area contributed by atoms with Crippen molar-refractivity contribution in [2.75, 3.05) is 25.6 Å². The van der Waals surface area contributed by atoms with Gasteiger partial charge in [-0.05, 0) is 18.8 Å². The number of rotatable bonds is 5. The summed E-state index contributed by atoms with van der Waals surface area (Å²) < 4.78 is 13.0. The van der Waals surface area contributed by atoms with E-state index in [-0.39, 0.29) is 6.10 Å². The quantitative estimate of drug-likeness (QED) is 0.863. The van der Waals surface area contributed by atoms with Crippen LogP contribution in [0.5, 0.6) is 0 Å². The number of nitrogens with zero attached hydrogens (tertiary/aromatic N) is 2. The minimum Gasteiger partial charge on any atom is -0.396 e. The van der Waals surface area contributed by atoms with Gasteiger partial charge >= 0.3 is 0 Å². The summed E-state index contributed by atoms with van der Waals surface area (Å²) in [6.07, 6.45) is 3.92. The third-order valence-electron chi connectivity index (χ3n) is 3.20. The largest absolute Gasteiger partial charge is 0.396 e. The molecule has 0 bridgehead atoms. The van der Waals surface area contributed by atoms with E-state index < -0.39 is 0 Å². The Morgan fingerprint density at radius 2 is 2.33 bits per heavy atom. The summed E-state index contributed by atoms with van der Waals surface area (Å²) in [6, 6.07) is 0. The molecule has 0 aromatic carbocycles. The Kier molecular flexibility index (Phi) is 4.60. The molecule has 1 aliphatic heterocycles. The lowest BCUT2D eigenvalue weighted by molar-refractivity contribution is -0.0948. The van der Waals surface area contributed by atoms with Crippen molar-refractivity contribution in [1.82, 2.24) is 9.78 Å². The average Bonchev–Trinajstić information content (AvgIpc) is 2.69. The van der Waals surface area contributed by atoms with E-state index in [1.807, 2.05) is 4.68 Å². The fraction of sp³-hybridized carbons (Fsp3) is 0.769. The van der Waals surface area contributed by atoms with Gasteiger partial charge in [-0.3, -0.25) is 4.68 Å². The Morgan fingerprint density at radius 1 is 1.50 bits per heavy atom. The smallest absolute Gasteiger partial charge is 0.100 e. The predicted molar refractivity (Wildman–Crippen MR) is 70.4 cm³/mol. The van der Waals surface area contributed by atoms with E-state index in [0.717, 1.165) is 30.8 Å². The summed E-state index contributed by atoms with van der Waals surface area (Å²) in [5.74, 6) is 0.669. The van der Waals surface area contributed by atoms with Crippen LogP contribution in [0, 0.1) is 5.92 Å². The van der Waals surface area contributed by atoms with Crippen LogP contribution in [0.3, 0.4) is 0 Å². The third-order valence-corrected chi connectivity index (χ3v) is 3.20. The van der Waals surface area contributed by atoms with Crippen LogP contribution in [0.1, 0.15) is 26.0 Å². The highest BCUT2D eigenvalue weighted by atomic mass is 16.6. The number of aromatic nitrogens is 2. The Hall–Kier alpha value is -1.07. The zero-order valence-corrected chi connectivity index (χ0v) is 11.3. The van der Waals surface area contributed by atoms with Crippen LogP contribution >= 0.6 is 0 Å². The summed E-state index contributed by atoms with van der Waals surface area (Å²) in [5, 5.41) is 4.34. The van der Waals surface area contributed by atoms with Gasteiger partial charge in [0, 0.05) is 0 Å². The number of nitrogen functional groups attached to an aromatic ring is 1. The van der Waals surface area contributed by atoms with Crippen LogP contribution in [-0.2, 0) is 22.4 Å². The summed E-state index contributed by atoms with van der Waals surface area (Å²) in [5.41, 5.74) is 7.88. The first-order valence-corrected chi connectivity index (χ1v) is 6.66. The predicted octanol–water partition coefficient (Wildman–Crippen LogP) is 1.47. The van der Waals surface area contributed by atoms with Crippen molar-refractivity contribution in [2.45, 2.75) is 39.3 Å². The highest BCUT2D eigenvalue weighted by molar-refractivity contribution is 5.40. The zero-order valence-electron chi connectivity index (χ0n) is 11.3. The molecular formula is C13H23N3O2. The van der Waals surface area contributed by atoms with Crippen molar-refractivity contribution >= 4 is 5.69 Å². The van der Waals surface area contributed by atoms with Crippen LogP contribution < -0.4 is 5.73 Å². The summed E-state index contributed by atoms with van der Waals surface area (Å²) in [4.78, 5) is 0. The lowest BCUT2D eigenvalue weighted by atomic mass is 10.1. The average molecular weight is 253 g/mol. The number of hydrogen-bond donors (Lipinski definition) is 1. The highest BCUT2D eigenvalue weighted by Gasteiger charge is 2.18.